The van der Waals surface area contributed by atoms with E-state index in [1.807, 2.05) is 19.1 Å². The van der Waals surface area contributed by atoms with Gasteiger partial charge in [0.05, 0.1) is 23.8 Å². The zero-order valence-electron chi connectivity index (χ0n) is 17.4. The van der Waals surface area contributed by atoms with Crippen LogP contribution in [0.3, 0.4) is 0 Å². The maximum atomic E-state index is 12.6. The van der Waals surface area contributed by atoms with Gasteiger partial charge in [0.2, 0.25) is 5.91 Å². The molecule has 3 aromatic rings. The number of amides is 2. The highest BCUT2D eigenvalue weighted by Gasteiger charge is 2.09. The van der Waals surface area contributed by atoms with Gasteiger partial charge in [-0.25, -0.2) is 9.78 Å². The Morgan fingerprint density at radius 2 is 1.81 bits per heavy atom. The number of aromatic nitrogens is 2. The first-order valence-electron chi connectivity index (χ1n) is 9.75. The number of nitrogens with one attached hydrogen (secondary N) is 2. The monoisotopic (exact) mass is 424 g/mol. The topological polar surface area (TPSA) is 112 Å². The van der Waals surface area contributed by atoms with Crippen LogP contribution in [0.2, 0.25) is 0 Å². The lowest BCUT2D eigenvalue weighted by Crippen LogP contribution is -2.24. The average molecular weight is 424 g/mol. The molecule has 2 N–H and O–H groups in total. The largest absolute Gasteiger partial charge is 0.447 e. The maximum Gasteiger partial charge on any atom is 0.411 e. The molecule has 0 bridgehead atoms. The molecule has 2 aromatic carbocycles. The van der Waals surface area contributed by atoms with E-state index >= 15 is 0 Å². The van der Waals surface area contributed by atoms with Crippen molar-refractivity contribution < 1.29 is 19.1 Å². The van der Waals surface area contributed by atoms with Crippen LogP contribution in [0.25, 0.3) is 10.9 Å². The number of methoxy groups -OCH3 is 1. The van der Waals surface area contributed by atoms with Gasteiger partial charge in [0, 0.05) is 31.5 Å². The summed E-state index contributed by atoms with van der Waals surface area (Å²) in [5, 5.41) is 5.86. The number of hydrogen-bond acceptors (Lipinski definition) is 6. The molecule has 0 aliphatic heterocycles. The molecule has 9 nitrogen and oxygen atoms in total. The molecule has 0 aliphatic rings. The smallest absolute Gasteiger partial charge is 0.411 e. The Morgan fingerprint density at radius 3 is 2.58 bits per heavy atom. The highest BCUT2D eigenvalue weighted by Crippen LogP contribution is 2.16. The molecule has 0 spiro atoms. The Balaban J connectivity index is 1.58. The van der Waals surface area contributed by atoms with Crippen LogP contribution in [0.1, 0.15) is 12.0 Å². The zero-order chi connectivity index (χ0) is 22.2. The number of carbonyl (C=O) groups excluding carboxylic acids is 2. The molecule has 31 heavy (non-hydrogen) atoms. The van der Waals surface area contributed by atoms with Crippen LogP contribution in [-0.4, -0.2) is 41.9 Å². The van der Waals surface area contributed by atoms with Gasteiger partial charge in [-0.2, -0.15) is 0 Å². The number of rotatable bonds is 8. The molecule has 1 aromatic heterocycles. The van der Waals surface area contributed by atoms with Gasteiger partial charge in [-0.15, -0.1) is 0 Å². The second-order valence-electron chi connectivity index (χ2n) is 6.85. The Labute approximate surface area is 179 Å². The van der Waals surface area contributed by atoms with E-state index in [0.29, 0.717) is 28.9 Å². The fourth-order valence-electron chi connectivity index (χ4n) is 2.99. The lowest BCUT2D eigenvalue weighted by molar-refractivity contribution is -0.116. The van der Waals surface area contributed by atoms with Crippen molar-refractivity contribution in [2.75, 3.05) is 31.0 Å². The number of aryl methyl sites for hydroxylation is 2. The molecule has 0 radical (unpaired) electrons. The predicted octanol–water partition coefficient (Wildman–Crippen LogP) is 2.93. The number of para-hydroxylation sites is 1. The van der Waals surface area contributed by atoms with Crippen LogP contribution < -0.4 is 16.2 Å². The molecular formula is C22H24N4O5. The molecule has 9 heteroatoms. The standard InChI is InChI=1S/C22H24N4O5/c1-15-5-3-8-18-20(15)23-14-26(21(18)28)10-9-19(27)24-16-6-4-7-17(13-16)25-22(29)31-12-11-30-2/h3-8,13-14H,9-12H2,1-2H3,(H,24,27)(H,25,29). The van der Waals surface area contributed by atoms with E-state index in [0.717, 1.165) is 5.56 Å². The van der Waals surface area contributed by atoms with E-state index in [9.17, 15) is 14.4 Å². The minimum atomic E-state index is -0.612. The van der Waals surface area contributed by atoms with E-state index < -0.39 is 6.09 Å². The second kappa shape index (κ2) is 10.4. The number of carbonyl (C=O) groups is 2. The predicted molar refractivity (Wildman–Crippen MR) is 117 cm³/mol. The fourth-order valence-corrected chi connectivity index (χ4v) is 2.99. The molecule has 3 rings (SSSR count). The minimum Gasteiger partial charge on any atom is -0.447 e. The summed E-state index contributed by atoms with van der Waals surface area (Å²) in [6.07, 6.45) is 0.944. The van der Waals surface area contributed by atoms with Gasteiger partial charge >= 0.3 is 6.09 Å². The fraction of sp³-hybridized carbons (Fsp3) is 0.273. The Kier molecular flexibility index (Phi) is 7.34. The Morgan fingerprint density at radius 1 is 1.06 bits per heavy atom. The van der Waals surface area contributed by atoms with Crippen LogP contribution in [0.15, 0.2) is 53.6 Å². The summed E-state index contributed by atoms with van der Waals surface area (Å²) in [5.41, 5.74) is 2.40. The zero-order valence-corrected chi connectivity index (χ0v) is 17.4. The third kappa shape index (κ3) is 5.89. The second-order valence-corrected chi connectivity index (χ2v) is 6.85. The highest BCUT2D eigenvalue weighted by molar-refractivity contribution is 5.92. The van der Waals surface area contributed by atoms with Crippen molar-refractivity contribution in [2.45, 2.75) is 19.9 Å². The van der Waals surface area contributed by atoms with Gasteiger partial charge in [-0.05, 0) is 36.8 Å². The summed E-state index contributed by atoms with van der Waals surface area (Å²) >= 11 is 0. The van der Waals surface area contributed by atoms with Crippen LogP contribution in [-0.2, 0) is 20.8 Å². The van der Waals surface area contributed by atoms with Gasteiger partial charge in [-0.3, -0.25) is 19.5 Å². The van der Waals surface area contributed by atoms with Crippen LogP contribution in [0, 0.1) is 6.92 Å². The van der Waals surface area contributed by atoms with Crippen molar-refractivity contribution in [3.8, 4) is 0 Å². The van der Waals surface area contributed by atoms with E-state index in [2.05, 4.69) is 15.6 Å². The summed E-state index contributed by atoms with van der Waals surface area (Å²) in [7, 11) is 1.52. The van der Waals surface area contributed by atoms with Gasteiger partial charge in [0.25, 0.3) is 5.56 Å². The molecule has 0 atom stereocenters. The van der Waals surface area contributed by atoms with Gasteiger partial charge in [-0.1, -0.05) is 18.2 Å². The van der Waals surface area contributed by atoms with Crippen molar-refractivity contribution in [3.05, 3.63) is 64.7 Å². The van der Waals surface area contributed by atoms with E-state index in [-0.39, 0.29) is 31.0 Å². The molecule has 0 aliphatic carbocycles. The van der Waals surface area contributed by atoms with Crippen LogP contribution in [0.4, 0.5) is 16.2 Å². The first-order chi connectivity index (χ1) is 15.0. The molecule has 1 heterocycles. The molecule has 0 saturated heterocycles. The number of fused-ring (bicyclic) bond motifs is 1. The van der Waals surface area contributed by atoms with Gasteiger partial charge < -0.3 is 14.8 Å². The third-order valence-electron chi connectivity index (χ3n) is 4.55. The first-order valence-corrected chi connectivity index (χ1v) is 9.75. The van der Waals surface area contributed by atoms with Crippen molar-refractivity contribution in [1.82, 2.24) is 9.55 Å². The van der Waals surface area contributed by atoms with Crippen molar-refractivity contribution in [2.24, 2.45) is 0 Å². The molecule has 0 fully saturated rings. The Hall–Kier alpha value is -3.72. The SMILES string of the molecule is COCCOC(=O)Nc1cccc(NC(=O)CCn2cnc3c(C)cccc3c2=O)c1. The first kappa shape index (κ1) is 22.0. The molecule has 2 amide bonds. The summed E-state index contributed by atoms with van der Waals surface area (Å²) in [5.74, 6) is -0.268. The van der Waals surface area contributed by atoms with Gasteiger partial charge in [0.15, 0.2) is 0 Å². The summed E-state index contributed by atoms with van der Waals surface area (Å²) < 4.78 is 11.2. The molecular weight excluding hydrogens is 400 g/mol. The normalized spacial score (nSPS) is 10.6. The van der Waals surface area contributed by atoms with Crippen LogP contribution in [0.5, 0.6) is 0 Å². The molecule has 0 unspecified atom stereocenters. The quantitative estimate of drug-likeness (QED) is 0.538. The summed E-state index contributed by atoms with van der Waals surface area (Å²) in [4.78, 5) is 41.0. The summed E-state index contributed by atoms with van der Waals surface area (Å²) in [6, 6.07) is 12.1. The number of hydrogen-bond donors (Lipinski definition) is 2. The molecule has 162 valence electrons. The third-order valence-corrected chi connectivity index (χ3v) is 4.55. The van der Waals surface area contributed by atoms with E-state index in [1.165, 1.54) is 18.0 Å². The lowest BCUT2D eigenvalue weighted by Gasteiger charge is -2.10. The highest BCUT2D eigenvalue weighted by atomic mass is 16.6. The minimum absolute atomic E-state index is 0.0929. The van der Waals surface area contributed by atoms with E-state index in [4.69, 9.17) is 9.47 Å². The van der Waals surface area contributed by atoms with E-state index in [1.54, 1.807) is 30.3 Å². The maximum absolute atomic E-state index is 12.6. The van der Waals surface area contributed by atoms with Crippen molar-refractivity contribution >= 4 is 34.3 Å². The molecule has 0 saturated carbocycles. The number of benzene rings is 2. The van der Waals surface area contributed by atoms with Crippen molar-refractivity contribution in [3.63, 3.8) is 0 Å². The number of nitrogens with zero attached hydrogens (tertiary/aromatic N) is 2. The van der Waals surface area contributed by atoms with Crippen molar-refractivity contribution in [1.29, 1.82) is 0 Å². The lowest BCUT2D eigenvalue weighted by atomic mass is 10.1. The Bertz CT molecular complexity index is 1140. The summed E-state index contributed by atoms with van der Waals surface area (Å²) in [6.45, 7) is 2.54. The van der Waals surface area contributed by atoms with Crippen LogP contribution >= 0.6 is 0 Å². The van der Waals surface area contributed by atoms with Gasteiger partial charge in [0.1, 0.15) is 6.61 Å². The number of anilines is 2. The average Bonchev–Trinajstić information content (AvgIpc) is 2.74. The number of ether oxygens (including phenoxy) is 2.